The topological polar surface area (TPSA) is 64.2 Å². The quantitative estimate of drug-likeness (QED) is 0.356. The minimum absolute atomic E-state index is 0.00925. The number of carboxylic acids is 1. The van der Waals surface area contributed by atoms with Gasteiger partial charge in [0, 0.05) is 6.54 Å². The van der Waals surface area contributed by atoms with Crippen molar-refractivity contribution < 1.29 is 23.1 Å². The van der Waals surface area contributed by atoms with Crippen molar-refractivity contribution in [3.8, 4) is 11.1 Å². The highest BCUT2D eigenvalue weighted by Crippen LogP contribution is 2.33. The third-order valence-electron chi connectivity index (χ3n) is 6.06. The minimum atomic E-state index is -4.63. The second-order valence-electron chi connectivity index (χ2n) is 9.15. The van der Waals surface area contributed by atoms with Gasteiger partial charge in [0.2, 0.25) is 0 Å². The molecule has 35 heavy (non-hydrogen) atoms. The summed E-state index contributed by atoms with van der Waals surface area (Å²) in [6.45, 7) is 5.79. The average Bonchev–Trinajstić information content (AvgIpc) is 3.07. The number of carbonyl (C=O) groups is 1. The third kappa shape index (κ3) is 6.05. The molecule has 0 aliphatic heterocycles. The number of carboxylic acid groups (broad SMARTS) is 1. The second kappa shape index (κ2) is 11.0. The summed E-state index contributed by atoms with van der Waals surface area (Å²) in [6, 6.07) is 13.5. The number of aromatic carboxylic acids is 1. The Labute approximate surface area is 202 Å². The summed E-state index contributed by atoms with van der Waals surface area (Å²) in [5, 5.41) is 9.45. The van der Waals surface area contributed by atoms with Crippen molar-refractivity contribution in [1.29, 1.82) is 0 Å². The van der Waals surface area contributed by atoms with E-state index in [-0.39, 0.29) is 36.7 Å². The van der Waals surface area contributed by atoms with Crippen LogP contribution in [0.5, 0.6) is 0 Å². The largest absolute Gasteiger partial charge is 0.478 e. The van der Waals surface area contributed by atoms with E-state index >= 15 is 0 Å². The molecule has 0 radical (unpaired) electrons. The first-order valence-electron chi connectivity index (χ1n) is 11.9. The molecule has 0 atom stereocenters. The molecule has 0 unspecified atom stereocenters. The lowest BCUT2D eigenvalue weighted by atomic mass is 9.98. The highest BCUT2D eigenvalue weighted by Gasteiger charge is 2.40. The number of hydrogen-bond donors (Lipinski definition) is 1. The number of hydrogen-bond acceptors (Lipinski definition) is 2. The number of unbranched alkanes of at least 4 members (excludes halogenated alkanes) is 1. The lowest BCUT2D eigenvalue weighted by Crippen LogP contribution is -2.27. The van der Waals surface area contributed by atoms with Crippen molar-refractivity contribution in [2.75, 3.05) is 0 Å². The summed E-state index contributed by atoms with van der Waals surface area (Å²) in [5.74, 6) is -0.855. The van der Waals surface area contributed by atoms with Crippen molar-refractivity contribution >= 4 is 5.97 Å². The van der Waals surface area contributed by atoms with Crippen LogP contribution in [0.15, 0.2) is 53.3 Å². The van der Waals surface area contributed by atoms with Crippen molar-refractivity contribution in [3.05, 3.63) is 81.5 Å². The summed E-state index contributed by atoms with van der Waals surface area (Å²) < 4.78 is 44.5. The van der Waals surface area contributed by atoms with Crippen molar-refractivity contribution in [2.24, 2.45) is 5.92 Å². The molecule has 0 bridgehead atoms. The molecular weight excluding hydrogens is 457 g/mol. The fraction of sp³-hybridized carbons (Fsp3) is 0.407. The fourth-order valence-electron chi connectivity index (χ4n) is 4.22. The number of nitrogens with zero attached hydrogens (tertiary/aromatic N) is 2. The fourth-order valence-corrected chi connectivity index (χ4v) is 4.22. The Morgan fingerprint density at radius 2 is 1.69 bits per heavy atom. The number of halogens is 3. The SMILES string of the molecule is CCCCn1c(C(F)(F)F)c(CCC(C)C)n(Cc2ccc(-c3ccccc3C(=O)O)cc2)c1=O. The van der Waals surface area contributed by atoms with E-state index in [0.717, 1.165) is 4.57 Å². The molecule has 1 heterocycles. The summed E-state index contributed by atoms with van der Waals surface area (Å²) in [6.07, 6.45) is -2.78. The lowest BCUT2D eigenvalue weighted by Gasteiger charge is -2.14. The molecule has 5 nitrogen and oxygen atoms in total. The first kappa shape index (κ1) is 26.3. The first-order chi connectivity index (χ1) is 16.5. The van der Waals surface area contributed by atoms with E-state index in [0.29, 0.717) is 36.0 Å². The number of aromatic nitrogens is 2. The van der Waals surface area contributed by atoms with E-state index in [2.05, 4.69) is 0 Å². The Morgan fingerprint density at radius 1 is 1.03 bits per heavy atom. The van der Waals surface area contributed by atoms with E-state index < -0.39 is 23.5 Å². The zero-order chi connectivity index (χ0) is 25.8. The molecule has 0 aliphatic carbocycles. The molecule has 188 valence electrons. The van der Waals surface area contributed by atoms with E-state index in [9.17, 15) is 27.9 Å². The van der Waals surface area contributed by atoms with Crippen LogP contribution >= 0.6 is 0 Å². The molecule has 1 N–H and O–H groups in total. The van der Waals surface area contributed by atoms with Crippen LogP contribution in [-0.4, -0.2) is 20.2 Å². The average molecular weight is 489 g/mol. The Hall–Kier alpha value is -3.29. The van der Waals surface area contributed by atoms with Crippen molar-refractivity contribution in [3.63, 3.8) is 0 Å². The maximum absolute atomic E-state index is 14.1. The maximum Gasteiger partial charge on any atom is 0.433 e. The van der Waals surface area contributed by atoms with E-state index in [4.69, 9.17) is 0 Å². The van der Waals surface area contributed by atoms with Crippen molar-refractivity contribution in [2.45, 2.75) is 65.7 Å². The number of alkyl halides is 3. The maximum atomic E-state index is 14.1. The molecule has 8 heteroatoms. The Kier molecular flexibility index (Phi) is 8.25. The third-order valence-corrected chi connectivity index (χ3v) is 6.06. The van der Waals surface area contributed by atoms with Crippen LogP contribution in [0.3, 0.4) is 0 Å². The van der Waals surface area contributed by atoms with Crippen LogP contribution < -0.4 is 5.69 Å². The standard InChI is InChI=1S/C27H31F3N2O3/c1-4-5-16-31-24(27(28,29)30)23(15-10-18(2)3)32(26(31)35)17-19-11-13-20(14-12-19)21-8-6-7-9-22(21)25(33)34/h6-9,11-14,18H,4-5,10,15-17H2,1-3H3,(H,33,34). The summed E-state index contributed by atoms with van der Waals surface area (Å²) in [7, 11) is 0. The van der Waals surface area contributed by atoms with Gasteiger partial charge >= 0.3 is 17.8 Å². The van der Waals surface area contributed by atoms with Gasteiger partial charge < -0.3 is 5.11 Å². The van der Waals surface area contributed by atoms with Gasteiger partial charge in [-0.15, -0.1) is 0 Å². The van der Waals surface area contributed by atoms with Gasteiger partial charge in [-0.25, -0.2) is 9.59 Å². The van der Waals surface area contributed by atoms with Crippen LogP contribution in [-0.2, 0) is 25.7 Å². The molecule has 0 amide bonds. The normalized spacial score (nSPS) is 11.9. The molecule has 0 saturated heterocycles. The van der Waals surface area contributed by atoms with Gasteiger partial charge in [0.15, 0.2) is 0 Å². The Morgan fingerprint density at radius 3 is 2.26 bits per heavy atom. The molecule has 2 aromatic carbocycles. The highest BCUT2D eigenvalue weighted by atomic mass is 19.4. The van der Waals surface area contributed by atoms with Gasteiger partial charge in [0.25, 0.3) is 0 Å². The monoisotopic (exact) mass is 488 g/mol. The molecule has 0 spiro atoms. The second-order valence-corrected chi connectivity index (χ2v) is 9.15. The molecule has 0 saturated carbocycles. The molecule has 0 fully saturated rings. The summed E-state index contributed by atoms with van der Waals surface area (Å²) in [4.78, 5) is 24.7. The Bertz CT molecular complexity index is 1220. The number of rotatable bonds is 10. The summed E-state index contributed by atoms with van der Waals surface area (Å²) in [5.41, 5.74) is 0.578. The number of imidazole rings is 1. The summed E-state index contributed by atoms with van der Waals surface area (Å²) >= 11 is 0. The van der Waals surface area contributed by atoms with Gasteiger partial charge in [0.1, 0.15) is 5.69 Å². The Balaban J connectivity index is 2.04. The predicted octanol–water partition coefficient (Wildman–Crippen LogP) is 6.47. The van der Waals surface area contributed by atoms with Gasteiger partial charge in [-0.1, -0.05) is 69.7 Å². The zero-order valence-electron chi connectivity index (χ0n) is 20.2. The molecule has 3 rings (SSSR count). The van der Waals surface area contributed by atoms with Crippen LogP contribution in [0.4, 0.5) is 13.2 Å². The predicted molar refractivity (Wildman–Crippen MR) is 130 cm³/mol. The van der Waals surface area contributed by atoms with Crippen LogP contribution in [0, 0.1) is 5.92 Å². The van der Waals surface area contributed by atoms with Crippen LogP contribution in [0.2, 0.25) is 0 Å². The molecular formula is C27H31F3N2O3. The van der Waals surface area contributed by atoms with Gasteiger partial charge in [0.05, 0.1) is 17.8 Å². The smallest absolute Gasteiger partial charge is 0.433 e. The van der Waals surface area contributed by atoms with Crippen LogP contribution in [0.1, 0.15) is 67.3 Å². The van der Waals surface area contributed by atoms with Gasteiger partial charge in [-0.3, -0.25) is 9.13 Å². The van der Waals surface area contributed by atoms with E-state index in [1.54, 1.807) is 42.5 Å². The number of benzene rings is 2. The van der Waals surface area contributed by atoms with E-state index in [1.165, 1.54) is 10.6 Å². The lowest BCUT2D eigenvalue weighted by molar-refractivity contribution is -0.144. The van der Waals surface area contributed by atoms with Crippen molar-refractivity contribution in [1.82, 2.24) is 9.13 Å². The zero-order valence-corrected chi connectivity index (χ0v) is 20.2. The minimum Gasteiger partial charge on any atom is -0.478 e. The molecule has 0 aliphatic rings. The highest BCUT2D eigenvalue weighted by molar-refractivity contribution is 5.95. The van der Waals surface area contributed by atoms with Gasteiger partial charge in [-0.2, -0.15) is 13.2 Å². The molecule has 1 aromatic heterocycles. The van der Waals surface area contributed by atoms with E-state index in [1.807, 2.05) is 20.8 Å². The first-order valence-corrected chi connectivity index (χ1v) is 11.9. The van der Waals surface area contributed by atoms with Crippen LogP contribution in [0.25, 0.3) is 11.1 Å². The molecule has 3 aromatic rings. The van der Waals surface area contributed by atoms with Gasteiger partial charge in [-0.05, 0) is 47.9 Å².